The number of nitrogens with one attached hydrogen (secondary N) is 1. The first kappa shape index (κ1) is 12.3. The number of fused-ring (bicyclic) bond motifs is 3. The first-order chi connectivity index (χ1) is 10.4. The fourth-order valence-corrected chi connectivity index (χ4v) is 3.06. The largest absolute Gasteiger partial charge is 0.455 e. The van der Waals surface area contributed by atoms with Crippen molar-refractivity contribution in [1.82, 2.24) is 5.32 Å². The van der Waals surface area contributed by atoms with Crippen LogP contribution in [-0.4, -0.2) is 0 Å². The third-order valence-electron chi connectivity index (χ3n) is 4.14. The van der Waals surface area contributed by atoms with Crippen LogP contribution in [-0.2, 0) is 6.42 Å². The van der Waals surface area contributed by atoms with Crippen LogP contribution < -0.4 is 5.32 Å². The van der Waals surface area contributed by atoms with E-state index in [1.165, 1.54) is 21.9 Å². The Bertz CT molecular complexity index is 870. The lowest BCUT2D eigenvalue weighted by molar-refractivity contribution is 0.644. The van der Waals surface area contributed by atoms with Gasteiger partial charge < -0.3 is 9.73 Å². The maximum absolute atomic E-state index is 6.26. The molecule has 1 aromatic heterocycles. The van der Waals surface area contributed by atoms with E-state index in [-0.39, 0.29) is 6.04 Å². The number of furan rings is 1. The summed E-state index contributed by atoms with van der Waals surface area (Å²) >= 11 is 0. The number of hydrogen-bond acceptors (Lipinski definition) is 2. The van der Waals surface area contributed by atoms with Crippen molar-refractivity contribution < 1.29 is 4.42 Å². The Morgan fingerprint density at radius 1 is 1.00 bits per heavy atom. The molecule has 4 rings (SSSR count). The highest BCUT2D eigenvalue weighted by atomic mass is 16.3. The summed E-state index contributed by atoms with van der Waals surface area (Å²) in [4.78, 5) is 0. The summed E-state index contributed by atoms with van der Waals surface area (Å²) in [5.41, 5.74) is 4.47. The molecule has 0 spiro atoms. The standard InChI is InChI=1S/C19H17NO/c1-2-13-7-5-8-14-15-9-6-10-16(19(15)21-18(13)14)17-11-3-4-12-20-17/h3-12,17,20H,2H2,1H3. The molecule has 21 heavy (non-hydrogen) atoms. The van der Waals surface area contributed by atoms with Gasteiger partial charge in [0.15, 0.2) is 0 Å². The SMILES string of the molecule is CCc1cccc2c1oc1c(C3C=CC=CN3)cccc12. The quantitative estimate of drug-likeness (QED) is 0.722. The number of allylic oxidation sites excluding steroid dienone is 2. The predicted octanol–water partition coefficient (Wildman–Crippen LogP) is 4.86. The normalized spacial score (nSPS) is 17.5. The van der Waals surface area contributed by atoms with Gasteiger partial charge in [-0.15, -0.1) is 0 Å². The minimum atomic E-state index is 0.171. The van der Waals surface area contributed by atoms with E-state index in [9.17, 15) is 0 Å². The first-order valence-electron chi connectivity index (χ1n) is 7.41. The van der Waals surface area contributed by atoms with Crippen LogP contribution in [0.3, 0.4) is 0 Å². The van der Waals surface area contributed by atoms with Crippen LogP contribution >= 0.6 is 0 Å². The first-order valence-corrected chi connectivity index (χ1v) is 7.41. The molecule has 0 saturated carbocycles. The Morgan fingerprint density at radius 2 is 1.81 bits per heavy atom. The zero-order valence-electron chi connectivity index (χ0n) is 12.0. The van der Waals surface area contributed by atoms with Crippen molar-refractivity contribution in [3.8, 4) is 0 Å². The van der Waals surface area contributed by atoms with Crippen LogP contribution in [0.2, 0.25) is 0 Å². The highest BCUT2D eigenvalue weighted by Crippen LogP contribution is 2.35. The number of aryl methyl sites for hydroxylation is 1. The van der Waals surface area contributed by atoms with Gasteiger partial charge in [-0.3, -0.25) is 0 Å². The predicted molar refractivity (Wildman–Crippen MR) is 87.3 cm³/mol. The summed E-state index contributed by atoms with van der Waals surface area (Å²) in [5, 5.41) is 5.78. The van der Waals surface area contributed by atoms with Crippen molar-refractivity contribution in [3.63, 3.8) is 0 Å². The van der Waals surface area contributed by atoms with Crippen LogP contribution in [0.1, 0.15) is 24.1 Å². The van der Waals surface area contributed by atoms with E-state index in [0.717, 1.165) is 17.6 Å². The third-order valence-corrected chi connectivity index (χ3v) is 4.14. The molecule has 0 amide bonds. The molecule has 1 aliphatic rings. The van der Waals surface area contributed by atoms with Crippen LogP contribution in [0.5, 0.6) is 0 Å². The van der Waals surface area contributed by atoms with Gasteiger partial charge in [0.1, 0.15) is 11.2 Å². The minimum Gasteiger partial charge on any atom is -0.455 e. The van der Waals surface area contributed by atoms with Gasteiger partial charge in [0.05, 0.1) is 6.04 Å². The molecule has 0 fully saturated rings. The molecule has 1 atom stereocenters. The summed E-state index contributed by atoms with van der Waals surface area (Å²) in [7, 11) is 0. The van der Waals surface area contributed by atoms with Gasteiger partial charge >= 0.3 is 0 Å². The molecule has 1 unspecified atom stereocenters. The van der Waals surface area contributed by atoms with E-state index in [2.05, 4.69) is 60.8 Å². The molecule has 2 heterocycles. The van der Waals surface area contributed by atoms with Crippen molar-refractivity contribution in [2.75, 3.05) is 0 Å². The number of para-hydroxylation sites is 2. The molecule has 2 nitrogen and oxygen atoms in total. The van der Waals surface area contributed by atoms with Crippen LogP contribution in [0.4, 0.5) is 0 Å². The molecule has 0 saturated heterocycles. The molecule has 104 valence electrons. The Labute approximate surface area is 123 Å². The Kier molecular flexibility index (Phi) is 2.81. The molecule has 0 aliphatic carbocycles. The van der Waals surface area contributed by atoms with E-state index < -0.39 is 0 Å². The Balaban J connectivity index is 2.01. The second-order valence-corrected chi connectivity index (χ2v) is 5.36. The van der Waals surface area contributed by atoms with Gasteiger partial charge in [-0.1, -0.05) is 55.5 Å². The van der Waals surface area contributed by atoms with Gasteiger partial charge in [-0.05, 0) is 24.3 Å². The third kappa shape index (κ3) is 1.87. The van der Waals surface area contributed by atoms with Crippen molar-refractivity contribution >= 4 is 21.9 Å². The number of benzene rings is 2. The van der Waals surface area contributed by atoms with Gasteiger partial charge in [0, 0.05) is 16.3 Å². The zero-order chi connectivity index (χ0) is 14.2. The van der Waals surface area contributed by atoms with E-state index >= 15 is 0 Å². The van der Waals surface area contributed by atoms with E-state index in [1.54, 1.807) is 0 Å². The molecule has 2 heteroatoms. The van der Waals surface area contributed by atoms with Crippen LogP contribution in [0.25, 0.3) is 21.9 Å². The summed E-state index contributed by atoms with van der Waals surface area (Å²) < 4.78 is 6.26. The lowest BCUT2D eigenvalue weighted by Crippen LogP contribution is -2.14. The van der Waals surface area contributed by atoms with Crippen molar-refractivity contribution in [2.45, 2.75) is 19.4 Å². The summed E-state index contributed by atoms with van der Waals surface area (Å²) in [6.45, 7) is 2.17. The molecule has 0 bridgehead atoms. The Hall–Kier alpha value is -2.48. The van der Waals surface area contributed by atoms with E-state index in [4.69, 9.17) is 4.42 Å². The van der Waals surface area contributed by atoms with Crippen molar-refractivity contribution in [2.24, 2.45) is 0 Å². The molecule has 3 aromatic rings. The monoisotopic (exact) mass is 275 g/mol. The number of rotatable bonds is 2. The second-order valence-electron chi connectivity index (χ2n) is 5.36. The molecule has 1 N–H and O–H groups in total. The topological polar surface area (TPSA) is 25.2 Å². The average Bonchev–Trinajstić information content (AvgIpc) is 2.94. The summed E-state index contributed by atoms with van der Waals surface area (Å²) in [6.07, 6.45) is 9.19. The van der Waals surface area contributed by atoms with Crippen LogP contribution in [0, 0.1) is 0 Å². The van der Waals surface area contributed by atoms with Gasteiger partial charge in [0.2, 0.25) is 0 Å². The fourth-order valence-electron chi connectivity index (χ4n) is 3.06. The summed E-state index contributed by atoms with van der Waals surface area (Å²) in [6, 6.07) is 13.0. The fraction of sp³-hybridized carbons (Fsp3) is 0.158. The zero-order valence-corrected chi connectivity index (χ0v) is 12.0. The van der Waals surface area contributed by atoms with Gasteiger partial charge in [-0.25, -0.2) is 0 Å². The highest BCUT2D eigenvalue weighted by molar-refractivity contribution is 6.07. The smallest absolute Gasteiger partial charge is 0.141 e. The summed E-state index contributed by atoms with van der Waals surface area (Å²) in [5.74, 6) is 0. The molecule has 0 radical (unpaired) electrons. The molecular weight excluding hydrogens is 258 g/mol. The maximum Gasteiger partial charge on any atom is 0.141 e. The van der Waals surface area contributed by atoms with Crippen molar-refractivity contribution in [3.05, 3.63) is 72.0 Å². The number of hydrogen-bond donors (Lipinski definition) is 1. The van der Waals surface area contributed by atoms with E-state index in [0.29, 0.717) is 0 Å². The lowest BCUT2D eigenvalue weighted by Gasteiger charge is -2.16. The van der Waals surface area contributed by atoms with Gasteiger partial charge in [0.25, 0.3) is 0 Å². The van der Waals surface area contributed by atoms with Crippen LogP contribution in [0.15, 0.2) is 65.2 Å². The van der Waals surface area contributed by atoms with Crippen molar-refractivity contribution in [1.29, 1.82) is 0 Å². The average molecular weight is 275 g/mol. The highest BCUT2D eigenvalue weighted by Gasteiger charge is 2.17. The Morgan fingerprint density at radius 3 is 2.57 bits per heavy atom. The number of dihydropyridines is 1. The lowest BCUT2D eigenvalue weighted by atomic mass is 10.0. The molecule has 1 aliphatic heterocycles. The molecule has 2 aromatic carbocycles. The van der Waals surface area contributed by atoms with E-state index in [1.807, 2.05) is 12.3 Å². The maximum atomic E-state index is 6.26. The minimum absolute atomic E-state index is 0.171. The van der Waals surface area contributed by atoms with Gasteiger partial charge in [-0.2, -0.15) is 0 Å². The second kappa shape index (κ2) is 4.81. The molecular formula is C19H17NO.